The van der Waals surface area contributed by atoms with Crippen molar-refractivity contribution in [3.05, 3.63) is 94.2 Å². The molecule has 3 N–H and O–H groups in total. The van der Waals surface area contributed by atoms with E-state index in [0.29, 0.717) is 23.4 Å². The number of hydrogen-bond acceptors (Lipinski definition) is 7. The molecule has 1 atom stereocenters. The van der Waals surface area contributed by atoms with Crippen molar-refractivity contribution in [2.24, 2.45) is 0 Å². The Balaban J connectivity index is 1.52. The summed E-state index contributed by atoms with van der Waals surface area (Å²) in [6.07, 6.45) is 3.51. The second-order valence-corrected chi connectivity index (χ2v) is 12.4. The number of amides is 2. The largest absolute Gasteiger partial charge is 0.477 e. The van der Waals surface area contributed by atoms with Crippen LogP contribution in [0.1, 0.15) is 39.5 Å². The van der Waals surface area contributed by atoms with Gasteiger partial charge in [-0.3, -0.25) is 0 Å². The molecule has 2 amide bonds. The van der Waals surface area contributed by atoms with Crippen LogP contribution < -0.4 is 10.0 Å². The molecule has 4 aromatic rings. The van der Waals surface area contributed by atoms with Gasteiger partial charge in [0.05, 0.1) is 23.5 Å². The molecule has 39 heavy (non-hydrogen) atoms. The predicted octanol–water partition coefficient (Wildman–Crippen LogP) is 5.01. The number of benzene rings is 2. The van der Waals surface area contributed by atoms with E-state index >= 15 is 0 Å². The smallest absolute Gasteiger partial charge is 0.354 e. The number of thiophene rings is 1. The van der Waals surface area contributed by atoms with Gasteiger partial charge in [0.1, 0.15) is 0 Å². The molecule has 0 radical (unpaired) electrons. The average molecular weight is 585 g/mol. The summed E-state index contributed by atoms with van der Waals surface area (Å²) in [7, 11) is -4.15. The van der Waals surface area contributed by atoms with Crippen molar-refractivity contribution in [3.8, 4) is 11.1 Å². The molecule has 1 unspecified atom stereocenters. The number of carboxylic acids is 1. The fourth-order valence-corrected chi connectivity index (χ4v) is 6.62. The lowest BCUT2D eigenvalue weighted by atomic mass is 10.0. The first-order valence-corrected chi connectivity index (χ1v) is 15.7. The van der Waals surface area contributed by atoms with Gasteiger partial charge in [0, 0.05) is 28.7 Å². The number of thioether (sulfide) groups is 1. The van der Waals surface area contributed by atoms with Crippen molar-refractivity contribution in [3.63, 3.8) is 0 Å². The molecule has 204 valence electrons. The fraction of sp³-hybridized carbons (Fsp3) is 0.222. The van der Waals surface area contributed by atoms with E-state index < -0.39 is 22.0 Å². The number of nitrogens with zero attached hydrogens (tertiary/aromatic N) is 2. The summed E-state index contributed by atoms with van der Waals surface area (Å²) in [5.41, 5.74) is 2.62. The molecule has 4 rings (SSSR count). The number of urea groups is 1. The lowest BCUT2D eigenvalue weighted by Crippen LogP contribution is -2.39. The number of carbonyl (C=O) groups excluding carboxylic acids is 1. The Morgan fingerprint density at radius 1 is 1.10 bits per heavy atom. The van der Waals surface area contributed by atoms with Gasteiger partial charge in [-0.05, 0) is 34.9 Å². The third-order valence-electron chi connectivity index (χ3n) is 5.98. The molecule has 0 saturated heterocycles. The van der Waals surface area contributed by atoms with E-state index in [2.05, 4.69) is 15.0 Å². The van der Waals surface area contributed by atoms with Crippen molar-refractivity contribution in [1.29, 1.82) is 0 Å². The standard InChI is InChI=1S/C27H28N4O5S3/c1-18(16-37-2)24-25(26(32)33)31(17-29-24)15-19-9-11-20(12-10-19)22-7-3-4-8-23(22)39(35,36)30-27(34)28-14-21-6-5-13-38-21/h3-13,17-18H,14-16H2,1-2H3,(H,32,33)(H2,28,30,34). The van der Waals surface area contributed by atoms with E-state index in [9.17, 15) is 23.1 Å². The van der Waals surface area contributed by atoms with Crippen molar-refractivity contribution in [2.75, 3.05) is 12.0 Å². The molecule has 0 aliphatic rings. The van der Waals surface area contributed by atoms with Gasteiger partial charge in [-0.2, -0.15) is 11.8 Å². The van der Waals surface area contributed by atoms with Crippen LogP contribution in [0.25, 0.3) is 11.1 Å². The van der Waals surface area contributed by atoms with Crippen molar-refractivity contribution < 1.29 is 23.1 Å². The van der Waals surface area contributed by atoms with Crippen LogP contribution in [-0.2, 0) is 23.1 Å². The number of aromatic carboxylic acids is 1. The molecular formula is C27H28N4O5S3. The summed E-state index contributed by atoms with van der Waals surface area (Å²) in [6, 6.07) is 16.5. The highest BCUT2D eigenvalue weighted by atomic mass is 32.2. The van der Waals surface area contributed by atoms with Crippen LogP contribution in [0.3, 0.4) is 0 Å². The van der Waals surface area contributed by atoms with Crippen LogP contribution in [0.5, 0.6) is 0 Å². The minimum absolute atomic E-state index is 0.000406. The fourth-order valence-electron chi connectivity index (χ4n) is 4.16. The maximum absolute atomic E-state index is 13.1. The number of hydrogen-bond donors (Lipinski definition) is 3. The van der Waals surface area contributed by atoms with Crippen molar-refractivity contribution >= 4 is 45.1 Å². The molecule has 0 spiro atoms. The number of sulfonamides is 1. The minimum atomic E-state index is -4.15. The van der Waals surface area contributed by atoms with Crippen LogP contribution in [0.2, 0.25) is 0 Å². The Bertz CT molecular complexity index is 1550. The molecule has 0 aliphatic carbocycles. The molecule has 2 aromatic heterocycles. The average Bonchev–Trinajstić information content (AvgIpc) is 3.58. The van der Waals surface area contributed by atoms with Gasteiger partial charge in [0.15, 0.2) is 5.69 Å². The third kappa shape index (κ3) is 6.88. The van der Waals surface area contributed by atoms with Crippen LogP contribution >= 0.6 is 23.1 Å². The molecule has 2 aromatic carbocycles. The summed E-state index contributed by atoms with van der Waals surface area (Å²) in [6.45, 7) is 2.48. The number of nitrogens with one attached hydrogen (secondary N) is 2. The van der Waals surface area contributed by atoms with E-state index in [4.69, 9.17) is 0 Å². The Morgan fingerprint density at radius 2 is 1.85 bits per heavy atom. The monoisotopic (exact) mass is 584 g/mol. The maximum atomic E-state index is 13.1. The lowest BCUT2D eigenvalue weighted by molar-refractivity contribution is 0.0683. The summed E-state index contributed by atoms with van der Waals surface area (Å²) < 4.78 is 29.8. The third-order valence-corrected chi connectivity index (χ3v) is 9.08. The normalized spacial score (nSPS) is 12.2. The number of rotatable bonds is 11. The Kier molecular flexibility index (Phi) is 9.10. The minimum Gasteiger partial charge on any atom is -0.477 e. The SMILES string of the molecule is CSCC(C)c1ncn(Cc2ccc(-c3ccccc3S(=O)(=O)NC(=O)NCc3cccs3)cc2)c1C(=O)O. The number of aromatic nitrogens is 2. The molecule has 0 fully saturated rings. The van der Waals surface area contributed by atoms with Gasteiger partial charge < -0.3 is 15.0 Å². The van der Waals surface area contributed by atoms with E-state index in [-0.39, 0.29) is 23.1 Å². The van der Waals surface area contributed by atoms with Crippen molar-refractivity contribution in [1.82, 2.24) is 19.6 Å². The number of carbonyl (C=O) groups is 2. The summed E-state index contributed by atoms with van der Waals surface area (Å²) in [5.74, 6) is -0.267. The van der Waals surface area contributed by atoms with Gasteiger partial charge in [-0.1, -0.05) is 55.5 Å². The summed E-state index contributed by atoms with van der Waals surface area (Å²) >= 11 is 3.09. The molecular weight excluding hydrogens is 557 g/mol. The highest BCUT2D eigenvalue weighted by Gasteiger charge is 2.23. The topological polar surface area (TPSA) is 130 Å². The number of carboxylic acid groups (broad SMARTS) is 1. The lowest BCUT2D eigenvalue weighted by Gasteiger charge is -2.13. The predicted molar refractivity (Wildman–Crippen MR) is 154 cm³/mol. The molecule has 0 aliphatic heterocycles. The van der Waals surface area contributed by atoms with Crippen molar-refractivity contribution in [2.45, 2.75) is 30.8 Å². The Hall–Kier alpha value is -3.61. The first-order valence-electron chi connectivity index (χ1n) is 12.0. The van der Waals surface area contributed by atoms with E-state index in [0.717, 1.165) is 16.2 Å². The van der Waals surface area contributed by atoms with Crippen LogP contribution in [-0.4, -0.2) is 47.1 Å². The Labute approximate surface area is 235 Å². The maximum Gasteiger partial charge on any atom is 0.354 e. The first-order chi connectivity index (χ1) is 18.7. The highest BCUT2D eigenvalue weighted by molar-refractivity contribution is 7.98. The second-order valence-electron chi connectivity index (χ2n) is 8.83. The molecule has 2 heterocycles. The first kappa shape index (κ1) is 28.4. The highest BCUT2D eigenvalue weighted by Crippen LogP contribution is 2.28. The van der Waals surface area contributed by atoms with Gasteiger partial charge in [0.25, 0.3) is 10.0 Å². The van der Waals surface area contributed by atoms with Gasteiger partial charge in [0.2, 0.25) is 0 Å². The molecule has 0 saturated carbocycles. The van der Waals surface area contributed by atoms with Crippen LogP contribution in [0.4, 0.5) is 4.79 Å². The Morgan fingerprint density at radius 3 is 2.51 bits per heavy atom. The van der Waals surface area contributed by atoms with Gasteiger partial charge >= 0.3 is 12.0 Å². The summed E-state index contributed by atoms with van der Waals surface area (Å²) in [4.78, 5) is 29.5. The van der Waals surface area contributed by atoms with Crippen LogP contribution in [0, 0.1) is 0 Å². The zero-order chi connectivity index (χ0) is 28.0. The van der Waals surface area contributed by atoms with E-state index in [1.165, 1.54) is 17.4 Å². The molecule has 0 bridgehead atoms. The van der Waals surface area contributed by atoms with Gasteiger partial charge in [-0.15, -0.1) is 11.3 Å². The zero-order valence-corrected chi connectivity index (χ0v) is 23.8. The second kappa shape index (κ2) is 12.5. The van der Waals surface area contributed by atoms with E-state index in [1.807, 2.05) is 42.8 Å². The van der Waals surface area contributed by atoms with Crippen LogP contribution in [0.15, 0.2) is 77.3 Å². The molecule has 12 heteroatoms. The quantitative estimate of drug-likeness (QED) is 0.226. The summed E-state index contributed by atoms with van der Waals surface area (Å²) in [5, 5.41) is 14.2. The van der Waals surface area contributed by atoms with E-state index in [1.54, 1.807) is 53.0 Å². The molecule has 9 nitrogen and oxygen atoms in total. The van der Waals surface area contributed by atoms with Gasteiger partial charge in [-0.25, -0.2) is 27.7 Å². The number of imidazole rings is 1. The zero-order valence-electron chi connectivity index (χ0n) is 21.3.